The van der Waals surface area contributed by atoms with Crippen LogP contribution in [0.5, 0.6) is 5.75 Å². The number of fused-ring (bicyclic) bond motifs is 1. The molecule has 2 heteroatoms. The van der Waals surface area contributed by atoms with Gasteiger partial charge in [-0.25, -0.2) is 0 Å². The van der Waals surface area contributed by atoms with Crippen LogP contribution in [0.4, 0.5) is 0 Å². The van der Waals surface area contributed by atoms with Gasteiger partial charge in [0.25, 0.3) is 0 Å². The predicted octanol–water partition coefficient (Wildman–Crippen LogP) is 5.72. The maximum Gasteiger partial charge on any atom is 0.119 e. The Kier molecular flexibility index (Phi) is 4.87. The molecular formula is C17H21BrO. The van der Waals surface area contributed by atoms with Crippen molar-refractivity contribution in [3.63, 3.8) is 0 Å². The largest absolute Gasteiger partial charge is 0.497 e. The van der Waals surface area contributed by atoms with E-state index in [4.69, 9.17) is 4.74 Å². The number of benzene rings is 2. The molecule has 0 aliphatic rings. The van der Waals surface area contributed by atoms with E-state index in [0.717, 1.165) is 5.75 Å². The van der Waals surface area contributed by atoms with Crippen molar-refractivity contribution in [3.8, 4) is 5.75 Å². The molecule has 2 atom stereocenters. The molecular weight excluding hydrogens is 300 g/mol. The van der Waals surface area contributed by atoms with Crippen LogP contribution in [0.3, 0.4) is 0 Å². The summed E-state index contributed by atoms with van der Waals surface area (Å²) in [7, 11) is 1.70. The van der Waals surface area contributed by atoms with Gasteiger partial charge >= 0.3 is 0 Å². The molecule has 0 fully saturated rings. The molecule has 0 spiro atoms. The van der Waals surface area contributed by atoms with Crippen LogP contribution in [-0.4, -0.2) is 7.11 Å². The van der Waals surface area contributed by atoms with Crippen LogP contribution in [-0.2, 0) is 0 Å². The van der Waals surface area contributed by atoms with Gasteiger partial charge < -0.3 is 4.74 Å². The van der Waals surface area contributed by atoms with Gasteiger partial charge in [0.15, 0.2) is 0 Å². The van der Waals surface area contributed by atoms with Crippen molar-refractivity contribution in [3.05, 3.63) is 42.0 Å². The van der Waals surface area contributed by atoms with E-state index in [0.29, 0.717) is 10.7 Å². The molecule has 0 saturated carbocycles. The number of ether oxygens (including phenoxy) is 1. The molecule has 2 rings (SSSR count). The van der Waals surface area contributed by atoms with Crippen LogP contribution in [0, 0.1) is 5.92 Å². The minimum Gasteiger partial charge on any atom is -0.497 e. The van der Waals surface area contributed by atoms with E-state index >= 15 is 0 Å². The molecule has 2 aromatic carbocycles. The summed E-state index contributed by atoms with van der Waals surface area (Å²) in [5.41, 5.74) is 1.36. The van der Waals surface area contributed by atoms with Gasteiger partial charge in [0.2, 0.25) is 0 Å². The highest BCUT2D eigenvalue weighted by Crippen LogP contribution is 2.35. The molecule has 0 N–H and O–H groups in total. The van der Waals surface area contributed by atoms with Crippen LogP contribution in [0.25, 0.3) is 10.8 Å². The van der Waals surface area contributed by atoms with E-state index in [9.17, 15) is 0 Å². The normalized spacial score (nSPS) is 14.3. The summed E-state index contributed by atoms with van der Waals surface area (Å²) in [6, 6.07) is 12.9. The maximum atomic E-state index is 5.26. The number of hydrogen-bond acceptors (Lipinski definition) is 1. The van der Waals surface area contributed by atoms with E-state index < -0.39 is 0 Å². The summed E-state index contributed by atoms with van der Waals surface area (Å²) in [6.45, 7) is 4.55. The van der Waals surface area contributed by atoms with Crippen molar-refractivity contribution in [2.24, 2.45) is 5.92 Å². The van der Waals surface area contributed by atoms with Crippen molar-refractivity contribution in [1.29, 1.82) is 0 Å². The Bertz CT molecular complexity index is 550. The lowest BCUT2D eigenvalue weighted by atomic mass is 9.95. The SMILES string of the molecule is CCCC(C)C(Br)c1ccc2cc(OC)ccc2c1. The van der Waals surface area contributed by atoms with Gasteiger partial charge in [-0.2, -0.15) is 0 Å². The maximum absolute atomic E-state index is 5.26. The third-order valence-electron chi connectivity index (χ3n) is 3.63. The number of hydrogen-bond donors (Lipinski definition) is 0. The van der Waals surface area contributed by atoms with Crippen molar-refractivity contribution in [2.45, 2.75) is 31.5 Å². The number of alkyl halides is 1. The van der Waals surface area contributed by atoms with E-state index in [-0.39, 0.29) is 0 Å². The Balaban J connectivity index is 2.31. The van der Waals surface area contributed by atoms with Crippen molar-refractivity contribution in [2.75, 3.05) is 7.11 Å². The Morgan fingerprint density at radius 2 is 1.79 bits per heavy atom. The Hall–Kier alpha value is -1.02. The van der Waals surface area contributed by atoms with Gasteiger partial charge in [-0.3, -0.25) is 0 Å². The zero-order valence-electron chi connectivity index (χ0n) is 11.8. The zero-order valence-corrected chi connectivity index (χ0v) is 13.4. The predicted molar refractivity (Wildman–Crippen MR) is 86.2 cm³/mol. The molecule has 0 radical (unpaired) electrons. The molecule has 2 aromatic rings. The Morgan fingerprint density at radius 3 is 2.47 bits per heavy atom. The van der Waals surface area contributed by atoms with Gasteiger partial charge in [-0.05, 0) is 40.8 Å². The highest BCUT2D eigenvalue weighted by atomic mass is 79.9. The summed E-state index contributed by atoms with van der Waals surface area (Å²) in [4.78, 5) is 0.430. The standard InChI is InChI=1S/C17H21BrO/c1-4-5-12(2)17(18)15-7-6-14-11-16(19-3)9-8-13(14)10-15/h6-12,17H,4-5H2,1-3H3. The van der Waals surface area contributed by atoms with Gasteiger partial charge in [-0.1, -0.05) is 60.5 Å². The van der Waals surface area contributed by atoms with Crippen LogP contribution in [0.1, 0.15) is 37.1 Å². The monoisotopic (exact) mass is 320 g/mol. The molecule has 0 heterocycles. The molecule has 0 aromatic heterocycles. The number of halogens is 1. The van der Waals surface area contributed by atoms with Gasteiger partial charge in [0.1, 0.15) is 5.75 Å². The third kappa shape index (κ3) is 3.30. The van der Waals surface area contributed by atoms with Gasteiger partial charge in [0, 0.05) is 4.83 Å². The molecule has 0 bridgehead atoms. The first-order valence-corrected chi connectivity index (χ1v) is 7.79. The lowest BCUT2D eigenvalue weighted by Gasteiger charge is -2.18. The first kappa shape index (κ1) is 14.4. The topological polar surface area (TPSA) is 9.23 Å². The first-order chi connectivity index (χ1) is 9.15. The molecule has 0 amide bonds. The highest BCUT2D eigenvalue weighted by molar-refractivity contribution is 9.09. The molecule has 0 aliphatic heterocycles. The van der Waals surface area contributed by atoms with Crippen LogP contribution >= 0.6 is 15.9 Å². The van der Waals surface area contributed by atoms with E-state index in [1.165, 1.54) is 29.2 Å². The minimum atomic E-state index is 0.430. The van der Waals surface area contributed by atoms with Crippen molar-refractivity contribution in [1.82, 2.24) is 0 Å². The number of methoxy groups -OCH3 is 1. The van der Waals surface area contributed by atoms with E-state index in [1.54, 1.807) is 7.11 Å². The van der Waals surface area contributed by atoms with E-state index in [1.807, 2.05) is 6.07 Å². The average Bonchev–Trinajstić information content (AvgIpc) is 2.45. The lowest BCUT2D eigenvalue weighted by molar-refractivity contribution is 0.415. The number of rotatable bonds is 5. The Labute approximate surface area is 124 Å². The molecule has 2 unspecified atom stereocenters. The van der Waals surface area contributed by atoms with Gasteiger partial charge in [-0.15, -0.1) is 0 Å². The van der Waals surface area contributed by atoms with Crippen LogP contribution in [0.2, 0.25) is 0 Å². The summed E-state index contributed by atoms with van der Waals surface area (Å²) < 4.78 is 5.26. The smallest absolute Gasteiger partial charge is 0.119 e. The Morgan fingerprint density at radius 1 is 1.11 bits per heavy atom. The zero-order chi connectivity index (χ0) is 13.8. The summed E-state index contributed by atoms with van der Waals surface area (Å²) >= 11 is 3.84. The summed E-state index contributed by atoms with van der Waals surface area (Å²) in [5.74, 6) is 1.57. The molecule has 0 aliphatic carbocycles. The first-order valence-electron chi connectivity index (χ1n) is 6.87. The second kappa shape index (κ2) is 6.42. The van der Waals surface area contributed by atoms with E-state index in [2.05, 4.69) is 60.1 Å². The third-order valence-corrected chi connectivity index (χ3v) is 5.06. The lowest BCUT2D eigenvalue weighted by Crippen LogP contribution is -2.03. The second-order valence-corrected chi connectivity index (χ2v) is 6.13. The van der Waals surface area contributed by atoms with Crippen LogP contribution in [0.15, 0.2) is 36.4 Å². The highest BCUT2D eigenvalue weighted by Gasteiger charge is 2.15. The molecule has 102 valence electrons. The summed E-state index contributed by atoms with van der Waals surface area (Å²) in [6.07, 6.45) is 2.48. The molecule has 19 heavy (non-hydrogen) atoms. The minimum absolute atomic E-state index is 0.430. The summed E-state index contributed by atoms with van der Waals surface area (Å²) in [5, 5.41) is 2.50. The fraction of sp³-hybridized carbons (Fsp3) is 0.412. The molecule has 1 nitrogen and oxygen atoms in total. The fourth-order valence-corrected chi connectivity index (χ4v) is 3.02. The van der Waals surface area contributed by atoms with Crippen molar-refractivity contribution < 1.29 is 4.74 Å². The average molecular weight is 321 g/mol. The fourth-order valence-electron chi connectivity index (χ4n) is 2.47. The van der Waals surface area contributed by atoms with Crippen LogP contribution < -0.4 is 4.74 Å². The van der Waals surface area contributed by atoms with Gasteiger partial charge in [0.05, 0.1) is 7.11 Å². The molecule has 0 saturated heterocycles. The quantitative estimate of drug-likeness (QED) is 0.640. The van der Waals surface area contributed by atoms with Crippen molar-refractivity contribution >= 4 is 26.7 Å². The second-order valence-electron chi connectivity index (χ2n) is 5.14.